The molecule has 1 saturated carbocycles. The Hall–Kier alpha value is -0.750. The van der Waals surface area contributed by atoms with Gasteiger partial charge in [0.25, 0.3) is 0 Å². The van der Waals surface area contributed by atoms with Crippen LogP contribution < -0.4 is 10.6 Å². The SMILES string of the molecule is FC(F)(F)c1ccc(Br)cc1NC1CCNC2(CCC2)C1. The zero-order valence-corrected chi connectivity index (χ0v) is 13.1. The lowest BCUT2D eigenvalue weighted by atomic mass is 9.70. The Morgan fingerprint density at radius 3 is 2.67 bits per heavy atom. The molecule has 1 saturated heterocycles. The molecule has 2 nitrogen and oxygen atoms in total. The molecule has 2 aliphatic rings. The third kappa shape index (κ3) is 3.21. The second-order valence-electron chi connectivity index (χ2n) is 6.08. The van der Waals surface area contributed by atoms with Crippen molar-refractivity contribution in [2.45, 2.75) is 49.9 Å². The van der Waals surface area contributed by atoms with Crippen LogP contribution in [-0.4, -0.2) is 18.1 Å². The predicted molar refractivity (Wildman–Crippen MR) is 80.4 cm³/mol. The molecule has 2 N–H and O–H groups in total. The van der Waals surface area contributed by atoms with Crippen LogP contribution in [0.5, 0.6) is 0 Å². The van der Waals surface area contributed by atoms with Crippen molar-refractivity contribution in [2.75, 3.05) is 11.9 Å². The van der Waals surface area contributed by atoms with Crippen LogP contribution in [-0.2, 0) is 6.18 Å². The van der Waals surface area contributed by atoms with Gasteiger partial charge in [-0.25, -0.2) is 0 Å². The van der Waals surface area contributed by atoms with Gasteiger partial charge in [-0.2, -0.15) is 13.2 Å². The molecule has 1 aliphatic carbocycles. The first-order chi connectivity index (χ1) is 9.88. The van der Waals surface area contributed by atoms with E-state index in [1.807, 2.05) is 0 Å². The van der Waals surface area contributed by atoms with Gasteiger partial charge in [0.1, 0.15) is 0 Å². The summed E-state index contributed by atoms with van der Waals surface area (Å²) in [6.45, 7) is 0.868. The van der Waals surface area contributed by atoms with Gasteiger partial charge in [-0.1, -0.05) is 15.9 Å². The van der Waals surface area contributed by atoms with Crippen molar-refractivity contribution in [1.82, 2.24) is 5.32 Å². The van der Waals surface area contributed by atoms with Gasteiger partial charge in [-0.15, -0.1) is 0 Å². The first kappa shape index (κ1) is 15.2. The van der Waals surface area contributed by atoms with E-state index in [2.05, 4.69) is 26.6 Å². The third-order valence-corrected chi connectivity index (χ3v) is 5.08. The molecule has 1 aromatic carbocycles. The van der Waals surface area contributed by atoms with E-state index in [1.165, 1.54) is 18.6 Å². The van der Waals surface area contributed by atoms with Gasteiger partial charge in [0, 0.05) is 21.7 Å². The quantitative estimate of drug-likeness (QED) is 0.805. The van der Waals surface area contributed by atoms with Gasteiger partial charge in [-0.3, -0.25) is 0 Å². The summed E-state index contributed by atoms with van der Waals surface area (Å²) in [5.41, 5.74) is -0.245. The highest BCUT2D eigenvalue weighted by Gasteiger charge is 2.41. The number of hydrogen-bond acceptors (Lipinski definition) is 2. The maximum atomic E-state index is 13.1. The first-order valence-corrected chi connectivity index (χ1v) is 8.06. The number of benzene rings is 1. The van der Waals surface area contributed by atoms with Crippen LogP contribution in [0.2, 0.25) is 0 Å². The maximum absolute atomic E-state index is 13.1. The number of hydrogen-bond donors (Lipinski definition) is 2. The Bertz CT molecular complexity index is 526. The van der Waals surface area contributed by atoms with E-state index in [0.717, 1.165) is 38.3 Å². The lowest BCUT2D eigenvalue weighted by Gasteiger charge is -2.48. The smallest absolute Gasteiger partial charge is 0.382 e. The molecule has 0 radical (unpaired) electrons. The summed E-state index contributed by atoms with van der Waals surface area (Å²) in [4.78, 5) is 0. The van der Waals surface area contributed by atoms with E-state index in [0.29, 0.717) is 4.47 Å². The van der Waals surface area contributed by atoms with E-state index in [9.17, 15) is 13.2 Å². The molecule has 116 valence electrons. The van der Waals surface area contributed by atoms with Crippen LogP contribution >= 0.6 is 15.9 Å². The second kappa shape index (κ2) is 5.47. The summed E-state index contributed by atoms with van der Waals surface area (Å²) < 4.78 is 39.9. The largest absolute Gasteiger partial charge is 0.418 e. The molecule has 21 heavy (non-hydrogen) atoms. The molecule has 1 unspecified atom stereocenters. The molecule has 1 aliphatic heterocycles. The fourth-order valence-electron chi connectivity index (χ4n) is 3.37. The van der Waals surface area contributed by atoms with Crippen molar-refractivity contribution in [1.29, 1.82) is 0 Å². The summed E-state index contributed by atoms with van der Waals surface area (Å²) in [6.07, 6.45) is 0.905. The van der Waals surface area contributed by atoms with Crippen LogP contribution in [0.1, 0.15) is 37.7 Å². The summed E-state index contributed by atoms with van der Waals surface area (Å²) in [5, 5.41) is 6.66. The fourth-order valence-corrected chi connectivity index (χ4v) is 3.73. The van der Waals surface area contributed by atoms with Crippen LogP contribution in [0.15, 0.2) is 22.7 Å². The fraction of sp³-hybridized carbons (Fsp3) is 0.600. The molecule has 1 aromatic rings. The lowest BCUT2D eigenvalue weighted by Crippen LogP contribution is -2.58. The monoisotopic (exact) mass is 362 g/mol. The molecule has 1 heterocycles. The summed E-state index contributed by atoms with van der Waals surface area (Å²) in [6, 6.07) is 4.19. The van der Waals surface area contributed by atoms with E-state index >= 15 is 0 Å². The Balaban J connectivity index is 1.79. The Morgan fingerprint density at radius 1 is 1.29 bits per heavy atom. The first-order valence-electron chi connectivity index (χ1n) is 7.26. The third-order valence-electron chi connectivity index (χ3n) is 4.59. The Labute approximate surface area is 130 Å². The molecule has 0 amide bonds. The van der Waals surface area contributed by atoms with Crippen molar-refractivity contribution >= 4 is 21.6 Å². The van der Waals surface area contributed by atoms with E-state index in [4.69, 9.17) is 0 Å². The number of anilines is 1. The molecule has 0 bridgehead atoms. The number of piperidine rings is 1. The number of rotatable bonds is 2. The van der Waals surface area contributed by atoms with Crippen LogP contribution in [0.25, 0.3) is 0 Å². The van der Waals surface area contributed by atoms with Crippen LogP contribution in [0.4, 0.5) is 18.9 Å². The van der Waals surface area contributed by atoms with Crippen LogP contribution in [0.3, 0.4) is 0 Å². The normalized spacial score (nSPS) is 24.7. The molecular weight excluding hydrogens is 345 g/mol. The molecule has 2 fully saturated rings. The van der Waals surface area contributed by atoms with E-state index < -0.39 is 11.7 Å². The summed E-state index contributed by atoms with van der Waals surface area (Å²) >= 11 is 3.26. The zero-order valence-electron chi connectivity index (χ0n) is 11.6. The summed E-state index contributed by atoms with van der Waals surface area (Å²) in [5.74, 6) is 0. The highest BCUT2D eigenvalue weighted by atomic mass is 79.9. The van der Waals surface area contributed by atoms with Crippen molar-refractivity contribution < 1.29 is 13.2 Å². The second-order valence-corrected chi connectivity index (χ2v) is 7.00. The minimum absolute atomic E-state index is 0.0990. The molecule has 1 atom stereocenters. The minimum Gasteiger partial charge on any atom is -0.382 e. The van der Waals surface area contributed by atoms with Crippen molar-refractivity contribution in [3.8, 4) is 0 Å². The van der Waals surface area contributed by atoms with Crippen LogP contribution in [0, 0.1) is 0 Å². The van der Waals surface area contributed by atoms with Gasteiger partial charge in [0.15, 0.2) is 0 Å². The van der Waals surface area contributed by atoms with E-state index in [-0.39, 0.29) is 17.3 Å². The highest BCUT2D eigenvalue weighted by Crippen LogP contribution is 2.41. The average molecular weight is 363 g/mol. The van der Waals surface area contributed by atoms with E-state index in [1.54, 1.807) is 0 Å². The van der Waals surface area contributed by atoms with Gasteiger partial charge in [0.2, 0.25) is 0 Å². The molecule has 3 rings (SSSR count). The Morgan fingerprint density at radius 2 is 2.05 bits per heavy atom. The number of alkyl halides is 3. The topological polar surface area (TPSA) is 24.1 Å². The predicted octanol–water partition coefficient (Wildman–Crippen LogP) is 4.55. The molecule has 0 aromatic heterocycles. The summed E-state index contributed by atoms with van der Waals surface area (Å²) in [7, 11) is 0. The van der Waals surface area contributed by atoms with Crippen molar-refractivity contribution in [3.05, 3.63) is 28.2 Å². The van der Waals surface area contributed by atoms with Gasteiger partial charge in [0.05, 0.1) is 5.56 Å². The molecule has 1 spiro atoms. The van der Waals surface area contributed by atoms with Gasteiger partial charge in [-0.05, 0) is 56.8 Å². The van der Waals surface area contributed by atoms with Crippen molar-refractivity contribution in [2.24, 2.45) is 0 Å². The van der Waals surface area contributed by atoms with Gasteiger partial charge >= 0.3 is 6.18 Å². The van der Waals surface area contributed by atoms with Gasteiger partial charge < -0.3 is 10.6 Å². The minimum atomic E-state index is -4.33. The highest BCUT2D eigenvalue weighted by molar-refractivity contribution is 9.10. The molecule has 6 heteroatoms. The average Bonchev–Trinajstić information content (AvgIpc) is 2.36. The molecular formula is C15H18BrF3N2. The van der Waals surface area contributed by atoms with Crippen molar-refractivity contribution in [3.63, 3.8) is 0 Å². The number of nitrogens with one attached hydrogen (secondary N) is 2. The Kier molecular flexibility index (Phi) is 3.94. The lowest BCUT2D eigenvalue weighted by molar-refractivity contribution is -0.137. The maximum Gasteiger partial charge on any atom is 0.418 e. The zero-order chi connectivity index (χ0) is 15.1. The standard InChI is InChI=1S/C15H18BrF3N2/c16-10-2-3-12(15(17,18)19)13(8-10)21-11-4-7-20-14(9-11)5-1-6-14/h2-3,8,11,20-21H,1,4-7,9H2. The number of halogens is 4.